The van der Waals surface area contributed by atoms with Crippen molar-refractivity contribution < 1.29 is 37.8 Å². The molecule has 0 radical (unpaired) electrons. The fourth-order valence-electron chi connectivity index (χ4n) is 7.96. The molecule has 0 aliphatic rings. The molecule has 64 heavy (non-hydrogen) atoms. The van der Waals surface area contributed by atoms with Crippen molar-refractivity contribution in [3.63, 3.8) is 0 Å². The molecule has 1 aromatic heterocycles. The average Bonchev–Trinajstić information content (AvgIpc) is 3.25. The van der Waals surface area contributed by atoms with Crippen LogP contribution in [0, 0.1) is 17.8 Å². The predicted molar refractivity (Wildman–Crippen MR) is 262 cm³/mol. The minimum absolute atomic E-state index is 0.191. The molecule has 1 heterocycles. The number of nitrogens with zero attached hydrogens (tertiary/aromatic N) is 1. The van der Waals surface area contributed by atoms with Crippen molar-refractivity contribution in [2.75, 3.05) is 83.1 Å². The lowest BCUT2D eigenvalue weighted by Crippen LogP contribution is -2.25. The van der Waals surface area contributed by atoms with E-state index in [4.69, 9.17) is 28.4 Å². The molecule has 0 aliphatic carbocycles. The lowest BCUT2D eigenvalue weighted by Gasteiger charge is -2.32. The first-order valence-electron chi connectivity index (χ1n) is 22.3. The Morgan fingerprint density at radius 3 is 2.16 bits per heavy atom. The van der Waals surface area contributed by atoms with Gasteiger partial charge in [0.05, 0.1) is 45.8 Å². The highest BCUT2D eigenvalue weighted by molar-refractivity contribution is 7.70. The zero-order valence-corrected chi connectivity index (χ0v) is 40.3. The molecule has 0 saturated heterocycles. The van der Waals surface area contributed by atoms with Gasteiger partial charge in [0.25, 0.3) is 0 Å². The predicted octanol–water partition coefficient (Wildman–Crippen LogP) is 12.1. The lowest BCUT2D eigenvalue weighted by atomic mass is 9.74. The number of methoxy groups -OCH3 is 2. The van der Waals surface area contributed by atoms with E-state index in [1.54, 1.807) is 45.9 Å². The van der Waals surface area contributed by atoms with Crippen molar-refractivity contribution in [2.24, 2.45) is 17.8 Å². The number of rotatable bonds is 25. The van der Waals surface area contributed by atoms with Crippen LogP contribution in [0.3, 0.4) is 0 Å². The fraction of sp³-hybridized carbons (Fsp3) is 0.451. The van der Waals surface area contributed by atoms with Gasteiger partial charge >= 0.3 is 6.03 Å². The van der Waals surface area contributed by atoms with Gasteiger partial charge in [0.1, 0.15) is 42.6 Å². The summed E-state index contributed by atoms with van der Waals surface area (Å²) in [6, 6.07) is 26.1. The van der Waals surface area contributed by atoms with Crippen LogP contribution in [0.5, 0.6) is 23.0 Å². The molecule has 0 fully saturated rings. The van der Waals surface area contributed by atoms with E-state index in [1.807, 2.05) is 66.7 Å². The van der Waals surface area contributed by atoms with E-state index >= 15 is 0 Å². The smallest absolute Gasteiger partial charge is 0.323 e. The Morgan fingerprint density at radius 1 is 0.766 bits per heavy atom. The van der Waals surface area contributed by atoms with Crippen LogP contribution in [0.4, 0.5) is 27.7 Å². The number of hydrogen-bond acceptors (Lipinski definition) is 10. The molecule has 3 N–H and O–H groups in total. The first-order chi connectivity index (χ1) is 30.6. The van der Waals surface area contributed by atoms with Gasteiger partial charge in [0.15, 0.2) is 0 Å². The number of urea groups is 1. The lowest BCUT2D eigenvalue weighted by molar-refractivity contribution is 0.0179. The highest BCUT2D eigenvalue weighted by Gasteiger charge is 2.27. The van der Waals surface area contributed by atoms with E-state index in [-0.39, 0.29) is 5.41 Å². The summed E-state index contributed by atoms with van der Waals surface area (Å²) >= 11 is 0. The molecule has 346 valence electrons. The minimum atomic E-state index is -2.64. The molecular weight excluding hydrogens is 828 g/mol. The van der Waals surface area contributed by atoms with E-state index in [0.717, 1.165) is 40.9 Å². The fourth-order valence-corrected chi connectivity index (χ4v) is 8.86. The van der Waals surface area contributed by atoms with Crippen LogP contribution < -0.4 is 35.5 Å². The summed E-state index contributed by atoms with van der Waals surface area (Å²) in [4.78, 5) is 18.2. The molecule has 12 nitrogen and oxygen atoms in total. The first kappa shape index (κ1) is 49.9. The third-order valence-electron chi connectivity index (χ3n) is 11.6. The number of amides is 2. The molecule has 0 aliphatic heterocycles. The van der Waals surface area contributed by atoms with Crippen LogP contribution in [-0.4, -0.2) is 78.2 Å². The summed E-state index contributed by atoms with van der Waals surface area (Å²) in [6.45, 7) is 20.1. The Labute approximate surface area is 380 Å². The van der Waals surface area contributed by atoms with Crippen molar-refractivity contribution >= 4 is 52.1 Å². The van der Waals surface area contributed by atoms with Crippen LogP contribution in [0.15, 0.2) is 91.1 Å². The molecule has 4 aromatic carbocycles. The number of ether oxygens (including phenoxy) is 6. The first-order valence-corrected chi connectivity index (χ1v) is 24.9. The molecule has 5 rings (SSSR count). The minimum Gasteiger partial charge on any atom is -0.497 e. The third-order valence-corrected chi connectivity index (χ3v) is 13.1. The molecule has 2 unspecified atom stereocenters. The molecule has 0 spiro atoms. The SMILES string of the molecule is CCC(C(C)C)C(C)CCC(C)(C)c1cc(NC(=O)Nc2ccc(Oc3ccnc(Nc4cc(OC)cc(OCCOCCOCCOC)c4)c3)c3ccccc23)cc(P(C)(C)=O)c1. The van der Waals surface area contributed by atoms with Crippen LogP contribution in [-0.2, 0) is 24.2 Å². The average molecular weight is 897 g/mol. The van der Waals surface area contributed by atoms with Gasteiger partial charge in [0, 0.05) is 65.0 Å². The molecule has 0 bridgehead atoms. The Balaban J connectivity index is 1.26. The number of carbonyl (C=O) groups is 1. The van der Waals surface area contributed by atoms with Crippen LogP contribution in [0.25, 0.3) is 10.8 Å². The second-order valence-electron chi connectivity index (χ2n) is 17.6. The largest absolute Gasteiger partial charge is 0.497 e. The molecule has 2 amide bonds. The Hall–Kier alpha value is -5.13. The van der Waals surface area contributed by atoms with Gasteiger partial charge in [-0.25, -0.2) is 9.78 Å². The highest BCUT2D eigenvalue weighted by atomic mass is 31.2. The summed E-state index contributed by atoms with van der Waals surface area (Å²) in [7, 11) is 0.601. The Kier molecular flexibility index (Phi) is 18.5. The maximum atomic E-state index is 13.7. The Bertz CT molecular complexity index is 2330. The summed E-state index contributed by atoms with van der Waals surface area (Å²) < 4.78 is 47.4. The standard InChI is InChI=1S/C51H69N4O8P/c1-11-44(35(2)3)36(4)18-20-51(5,6)37-28-38(32-43(29-37)64(9,10)57)54-50(56)55-47-16-17-48(46-15-13-12-14-45(46)47)63-40-19-21-52-49(34-40)53-39-30-41(59-8)33-42(31-39)62-27-26-61-25-24-60-23-22-58-7/h12-17,19,21,28-36,44H,11,18,20,22-27H2,1-10H3,(H,52,53)(H2,54,55,56). The van der Waals surface area contributed by atoms with E-state index < -0.39 is 13.2 Å². The maximum absolute atomic E-state index is 13.7. The summed E-state index contributed by atoms with van der Waals surface area (Å²) in [5.41, 5.74) is 2.81. The monoisotopic (exact) mass is 896 g/mol. The van der Waals surface area contributed by atoms with Gasteiger partial charge in [-0.1, -0.05) is 72.2 Å². The van der Waals surface area contributed by atoms with Crippen molar-refractivity contribution in [3.8, 4) is 23.0 Å². The van der Waals surface area contributed by atoms with Crippen molar-refractivity contribution in [3.05, 3.63) is 96.7 Å². The van der Waals surface area contributed by atoms with E-state index in [1.165, 1.54) is 0 Å². The molecule has 13 heteroatoms. The van der Waals surface area contributed by atoms with Gasteiger partial charge < -0.3 is 48.9 Å². The number of benzene rings is 4. The Morgan fingerprint density at radius 2 is 1.47 bits per heavy atom. The zero-order valence-electron chi connectivity index (χ0n) is 39.4. The van der Waals surface area contributed by atoms with Crippen molar-refractivity contribution in [2.45, 2.75) is 66.2 Å². The third kappa shape index (κ3) is 14.7. The molecule has 5 aromatic rings. The molecular formula is C51H69N4O8P. The highest BCUT2D eigenvalue weighted by Crippen LogP contribution is 2.41. The second-order valence-corrected chi connectivity index (χ2v) is 20.9. The summed E-state index contributed by atoms with van der Waals surface area (Å²) in [5.74, 6) is 4.83. The number of nitrogens with one attached hydrogen (secondary N) is 3. The van der Waals surface area contributed by atoms with Crippen LogP contribution >= 0.6 is 7.14 Å². The zero-order chi connectivity index (χ0) is 46.3. The number of fused-ring (bicyclic) bond motifs is 1. The van der Waals surface area contributed by atoms with Gasteiger partial charge in [-0.3, -0.25) is 0 Å². The van der Waals surface area contributed by atoms with E-state index in [2.05, 4.69) is 68.5 Å². The number of anilines is 4. The summed E-state index contributed by atoms with van der Waals surface area (Å²) in [5, 5.41) is 11.8. The van der Waals surface area contributed by atoms with Crippen molar-refractivity contribution in [1.82, 2.24) is 4.98 Å². The second kappa shape index (κ2) is 23.7. The molecule has 0 saturated carbocycles. The molecule has 2 atom stereocenters. The van der Waals surface area contributed by atoms with Gasteiger partial charge in [-0.05, 0) is 91.3 Å². The van der Waals surface area contributed by atoms with Crippen molar-refractivity contribution in [1.29, 1.82) is 0 Å². The maximum Gasteiger partial charge on any atom is 0.323 e. The van der Waals surface area contributed by atoms with Gasteiger partial charge in [0.2, 0.25) is 0 Å². The normalized spacial score (nSPS) is 12.8. The van der Waals surface area contributed by atoms with Gasteiger partial charge in [-0.15, -0.1) is 0 Å². The quantitative estimate of drug-likeness (QED) is 0.0383. The topological polar surface area (TPSA) is 139 Å². The van der Waals surface area contributed by atoms with E-state index in [0.29, 0.717) is 103 Å². The summed E-state index contributed by atoms with van der Waals surface area (Å²) in [6.07, 6.45) is 4.90. The van der Waals surface area contributed by atoms with Gasteiger partial charge in [-0.2, -0.15) is 0 Å². The number of aromatic nitrogens is 1. The van der Waals surface area contributed by atoms with Crippen LogP contribution in [0.1, 0.15) is 66.4 Å². The number of pyridine rings is 1. The number of hydrogen-bond donors (Lipinski definition) is 3. The van der Waals surface area contributed by atoms with Crippen LogP contribution in [0.2, 0.25) is 0 Å². The number of carbonyl (C=O) groups excluding carboxylic acids is 1. The van der Waals surface area contributed by atoms with E-state index in [9.17, 15) is 9.36 Å².